The molecule has 0 aliphatic carbocycles. The molecule has 12 heavy (non-hydrogen) atoms. The average Bonchev–Trinajstić information content (AvgIpc) is 2.05. The Morgan fingerprint density at radius 3 is 2.67 bits per heavy atom. The van der Waals surface area contributed by atoms with Crippen LogP contribution in [0.15, 0.2) is 23.1 Å². The Kier molecular flexibility index (Phi) is 2.57. The molecule has 0 heterocycles. The third-order valence-corrected chi connectivity index (χ3v) is 1.99. The molecule has 1 rings (SSSR count). The van der Waals surface area contributed by atoms with Crippen molar-refractivity contribution in [2.24, 2.45) is 5.14 Å². The van der Waals surface area contributed by atoms with Gasteiger partial charge in [-0.2, -0.15) is 0 Å². The zero-order valence-electron chi connectivity index (χ0n) is 6.15. The van der Waals surface area contributed by atoms with Gasteiger partial charge >= 0.3 is 5.97 Å². The molecule has 0 spiro atoms. The highest BCUT2D eigenvalue weighted by atomic mass is 32.2. The molecule has 0 amide bonds. The van der Waals surface area contributed by atoms with E-state index in [4.69, 9.17) is 16.0 Å². The third-order valence-electron chi connectivity index (χ3n) is 1.39. The summed E-state index contributed by atoms with van der Waals surface area (Å²) in [5.74, 6) is -0.981. The number of anilines is 1. The number of carbonyl (C=O) groups is 1. The third kappa shape index (κ3) is 1.69. The van der Waals surface area contributed by atoms with Crippen LogP contribution in [0.5, 0.6) is 0 Å². The maximum atomic E-state index is 10.5. The summed E-state index contributed by atoms with van der Waals surface area (Å²) < 4.78 is 0. The fraction of sp³-hybridized carbons (Fsp3) is 0. The number of hydrogen-bond donors (Lipinski definition) is 3. The molecule has 0 atom stereocenters. The molecule has 0 saturated heterocycles. The van der Waals surface area contributed by atoms with E-state index in [2.05, 4.69) is 0 Å². The summed E-state index contributed by atoms with van der Waals surface area (Å²) >= 11 is 0.939. The van der Waals surface area contributed by atoms with Crippen molar-refractivity contribution in [1.82, 2.24) is 0 Å². The predicted octanol–water partition coefficient (Wildman–Crippen LogP) is 0.933. The van der Waals surface area contributed by atoms with Crippen molar-refractivity contribution in [3.63, 3.8) is 0 Å². The first-order valence-corrected chi connectivity index (χ1v) is 4.02. The summed E-state index contributed by atoms with van der Waals surface area (Å²) in [5, 5.41) is 13.9. The highest BCUT2D eigenvalue weighted by molar-refractivity contribution is 7.97. The SMILES string of the molecule is NSc1cc(C(=O)O)ccc1N. The molecule has 0 saturated carbocycles. The average molecular weight is 184 g/mol. The second kappa shape index (κ2) is 3.46. The van der Waals surface area contributed by atoms with E-state index in [-0.39, 0.29) is 5.56 Å². The van der Waals surface area contributed by atoms with Crippen LogP contribution in [0.2, 0.25) is 0 Å². The molecule has 1 aromatic carbocycles. The van der Waals surface area contributed by atoms with Crippen molar-refractivity contribution in [3.05, 3.63) is 23.8 Å². The topological polar surface area (TPSA) is 89.3 Å². The van der Waals surface area contributed by atoms with Crippen molar-refractivity contribution in [2.75, 3.05) is 5.73 Å². The largest absolute Gasteiger partial charge is 0.478 e. The number of rotatable bonds is 2. The molecule has 64 valence electrons. The maximum Gasteiger partial charge on any atom is 0.335 e. The van der Waals surface area contributed by atoms with Crippen LogP contribution in [0.1, 0.15) is 10.4 Å². The van der Waals surface area contributed by atoms with Crippen LogP contribution in [0.4, 0.5) is 5.69 Å². The first kappa shape index (κ1) is 8.89. The molecule has 5 N–H and O–H groups in total. The van der Waals surface area contributed by atoms with Crippen LogP contribution < -0.4 is 10.9 Å². The predicted molar refractivity (Wildman–Crippen MR) is 47.9 cm³/mol. The van der Waals surface area contributed by atoms with E-state index in [0.29, 0.717) is 10.6 Å². The van der Waals surface area contributed by atoms with Crippen molar-refractivity contribution in [2.45, 2.75) is 4.90 Å². The summed E-state index contributed by atoms with van der Waals surface area (Å²) in [6.07, 6.45) is 0. The summed E-state index contributed by atoms with van der Waals surface area (Å²) in [4.78, 5) is 11.1. The number of carboxylic acid groups (broad SMARTS) is 1. The molecule has 0 unspecified atom stereocenters. The van der Waals surface area contributed by atoms with Gasteiger partial charge in [-0.25, -0.2) is 4.79 Å². The van der Waals surface area contributed by atoms with E-state index in [9.17, 15) is 4.79 Å². The van der Waals surface area contributed by atoms with Gasteiger partial charge in [0, 0.05) is 10.6 Å². The Morgan fingerprint density at radius 2 is 2.17 bits per heavy atom. The molecular weight excluding hydrogens is 176 g/mol. The van der Waals surface area contributed by atoms with E-state index >= 15 is 0 Å². The van der Waals surface area contributed by atoms with Gasteiger partial charge < -0.3 is 10.8 Å². The Morgan fingerprint density at radius 1 is 1.50 bits per heavy atom. The van der Waals surface area contributed by atoms with Crippen LogP contribution in [0, 0.1) is 0 Å². The first-order chi connectivity index (χ1) is 5.65. The van der Waals surface area contributed by atoms with Gasteiger partial charge in [0.1, 0.15) is 0 Å². The minimum absolute atomic E-state index is 0.192. The molecule has 1 aromatic rings. The fourth-order valence-electron chi connectivity index (χ4n) is 0.769. The van der Waals surface area contributed by atoms with Gasteiger partial charge in [-0.05, 0) is 30.1 Å². The maximum absolute atomic E-state index is 10.5. The van der Waals surface area contributed by atoms with E-state index in [1.165, 1.54) is 18.2 Å². The monoisotopic (exact) mass is 184 g/mol. The zero-order chi connectivity index (χ0) is 9.14. The number of nitrogen functional groups attached to an aromatic ring is 1. The van der Waals surface area contributed by atoms with Gasteiger partial charge in [0.15, 0.2) is 0 Å². The Labute approximate surface area is 73.7 Å². The number of aromatic carboxylic acids is 1. The van der Waals surface area contributed by atoms with Gasteiger partial charge in [0.05, 0.1) is 5.56 Å². The molecule has 0 aliphatic heterocycles. The quantitative estimate of drug-likeness (QED) is 0.470. The molecule has 0 aliphatic rings. The van der Waals surface area contributed by atoms with E-state index in [1.807, 2.05) is 0 Å². The molecule has 0 radical (unpaired) electrons. The highest BCUT2D eigenvalue weighted by Gasteiger charge is 2.05. The summed E-state index contributed by atoms with van der Waals surface area (Å²) in [6.45, 7) is 0. The lowest BCUT2D eigenvalue weighted by molar-refractivity contribution is 0.0696. The lowest BCUT2D eigenvalue weighted by atomic mass is 10.2. The number of hydrogen-bond acceptors (Lipinski definition) is 4. The Hall–Kier alpha value is -1.20. The molecule has 0 bridgehead atoms. The van der Waals surface area contributed by atoms with Crippen molar-refractivity contribution >= 4 is 23.6 Å². The summed E-state index contributed by atoms with van der Waals surface area (Å²) in [5.41, 5.74) is 6.19. The molecule has 4 nitrogen and oxygen atoms in total. The molecule has 5 heteroatoms. The van der Waals surface area contributed by atoms with Crippen molar-refractivity contribution in [1.29, 1.82) is 0 Å². The van der Waals surface area contributed by atoms with Gasteiger partial charge in [0.2, 0.25) is 0 Å². The second-order valence-electron chi connectivity index (χ2n) is 2.18. The minimum Gasteiger partial charge on any atom is -0.478 e. The highest BCUT2D eigenvalue weighted by Crippen LogP contribution is 2.21. The van der Waals surface area contributed by atoms with Gasteiger partial charge in [-0.1, -0.05) is 0 Å². The van der Waals surface area contributed by atoms with Gasteiger partial charge in [-0.3, -0.25) is 5.14 Å². The zero-order valence-corrected chi connectivity index (χ0v) is 6.97. The smallest absolute Gasteiger partial charge is 0.335 e. The van der Waals surface area contributed by atoms with Crippen LogP contribution in [0.3, 0.4) is 0 Å². The first-order valence-electron chi connectivity index (χ1n) is 3.14. The Balaban J connectivity index is 3.13. The number of benzene rings is 1. The van der Waals surface area contributed by atoms with E-state index in [1.54, 1.807) is 0 Å². The lowest BCUT2D eigenvalue weighted by Gasteiger charge is -2.01. The van der Waals surface area contributed by atoms with E-state index in [0.717, 1.165) is 11.9 Å². The van der Waals surface area contributed by atoms with Crippen molar-refractivity contribution in [3.8, 4) is 0 Å². The second-order valence-corrected chi connectivity index (χ2v) is 2.85. The normalized spacial score (nSPS) is 9.75. The number of carboxylic acids is 1. The van der Waals surface area contributed by atoms with Gasteiger partial charge in [0.25, 0.3) is 0 Å². The number of nitrogens with two attached hydrogens (primary N) is 2. The van der Waals surface area contributed by atoms with Crippen LogP contribution in [-0.4, -0.2) is 11.1 Å². The summed E-state index contributed by atoms with van der Waals surface area (Å²) in [6, 6.07) is 4.42. The molecule has 0 aromatic heterocycles. The molecule has 0 fully saturated rings. The van der Waals surface area contributed by atoms with Crippen molar-refractivity contribution < 1.29 is 9.90 Å². The van der Waals surface area contributed by atoms with Crippen LogP contribution in [-0.2, 0) is 0 Å². The summed E-state index contributed by atoms with van der Waals surface area (Å²) in [7, 11) is 0. The minimum atomic E-state index is -0.981. The molecular formula is C7H8N2O2S. The van der Waals surface area contributed by atoms with Crippen LogP contribution in [0.25, 0.3) is 0 Å². The van der Waals surface area contributed by atoms with Crippen LogP contribution >= 0.6 is 11.9 Å². The van der Waals surface area contributed by atoms with Gasteiger partial charge in [-0.15, -0.1) is 0 Å². The van der Waals surface area contributed by atoms with E-state index < -0.39 is 5.97 Å². The lowest BCUT2D eigenvalue weighted by Crippen LogP contribution is -1.98. The fourth-order valence-corrected chi connectivity index (χ4v) is 1.17. The Bertz CT molecular complexity index is 314. The standard InChI is InChI=1S/C7H8N2O2S/c8-5-2-1-4(7(10)11)3-6(5)12-9/h1-3H,8-9H2,(H,10,11).